The quantitative estimate of drug-likeness (QED) is 0.188. The van der Waals surface area contributed by atoms with Crippen LogP contribution in [0.25, 0.3) is 0 Å². The van der Waals surface area contributed by atoms with Crippen LogP contribution in [0, 0.1) is 23.2 Å². The van der Waals surface area contributed by atoms with Crippen LogP contribution in [0.15, 0.2) is 23.3 Å². The highest BCUT2D eigenvalue weighted by atomic mass is 16.8. The number of aliphatic hydroxyl groups is 1. The average molecular weight is 593 g/mol. The Morgan fingerprint density at radius 3 is 2.45 bits per heavy atom. The molecule has 0 aromatic heterocycles. The molecule has 7 nitrogen and oxygen atoms in total. The van der Waals surface area contributed by atoms with Crippen molar-refractivity contribution in [2.75, 3.05) is 27.6 Å². The van der Waals surface area contributed by atoms with Gasteiger partial charge < -0.3 is 33.5 Å². The minimum atomic E-state index is -1.09. The Bertz CT molecular complexity index is 961. The fourth-order valence-corrected chi connectivity index (χ4v) is 8.57. The van der Waals surface area contributed by atoms with Crippen LogP contribution in [0.4, 0.5) is 0 Å². The van der Waals surface area contributed by atoms with Crippen LogP contribution in [-0.2, 0) is 28.4 Å². The molecular weight excluding hydrogens is 532 g/mol. The van der Waals surface area contributed by atoms with Gasteiger partial charge in [-0.15, -0.1) is 0 Å². The van der Waals surface area contributed by atoms with Gasteiger partial charge in [0.05, 0.1) is 17.8 Å². The molecule has 0 bridgehead atoms. The highest BCUT2D eigenvalue weighted by Gasteiger charge is 2.59. The zero-order valence-electron chi connectivity index (χ0n) is 28.0. The standard InChI is InChI=1S/C35H60O7/c1-10-39-23-40-32(3,4)19-11-13-24(2)27-17-18-28-26(14-12-20-33(27,28)5)16-15-25-21-29(36)31-30(22-25)41-34(6,37-8)35(7,38-9)42-31/h15-16,24,27-31,36H,10-14,17-23H2,1-9H3/b25-15+,26-16+/t24-,27-,28+,29+,30-,31-,33-,34+,35+/m1/s1. The number of fused-ring (bicyclic) bond motifs is 2. The van der Waals surface area contributed by atoms with Crippen molar-refractivity contribution in [1.29, 1.82) is 0 Å². The van der Waals surface area contributed by atoms with Crippen LogP contribution >= 0.6 is 0 Å². The predicted molar refractivity (Wildman–Crippen MR) is 165 cm³/mol. The molecule has 42 heavy (non-hydrogen) atoms. The normalized spacial score (nSPS) is 41.6. The Morgan fingerprint density at radius 1 is 1.05 bits per heavy atom. The summed E-state index contributed by atoms with van der Waals surface area (Å²) in [6, 6.07) is 0. The van der Waals surface area contributed by atoms with Crippen molar-refractivity contribution in [3.63, 3.8) is 0 Å². The molecule has 7 heteroatoms. The molecule has 0 spiro atoms. The lowest BCUT2D eigenvalue weighted by Crippen LogP contribution is -2.67. The topological polar surface area (TPSA) is 75.6 Å². The number of ether oxygens (including phenoxy) is 6. The summed E-state index contributed by atoms with van der Waals surface area (Å²) < 4.78 is 35.4. The number of rotatable bonds is 12. The molecule has 4 aliphatic rings. The molecule has 0 amide bonds. The van der Waals surface area contributed by atoms with E-state index in [0.29, 0.717) is 37.1 Å². The van der Waals surface area contributed by atoms with Gasteiger partial charge in [-0.3, -0.25) is 0 Å². The summed E-state index contributed by atoms with van der Waals surface area (Å²) in [4.78, 5) is 0. The number of aliphatic hydroxyl groups excluding tert-OH is 1. The molecule has 4 rings (SSSR count). The molecule has 0 unspecified atom stereocenters. The van der Waals surface area contributed by atoms with Gasteiger partial charge in [0.2, 0.25) is 11.6 Å². The van der Waals surface area contributed by atoms with Crippen molar-refractivity contribution in [1.82, 2.24) is 0 Å². The number of hydrogen-bond donors (Lipinski definition) is 1. The molecule has 4 fully saturated rings. The molecule has 1 N–H and O–H groups in total. The monoisotopic (exact) mass is 592 g/mol. The van der Waals surface area contributed by atoms with Crippen LogP contribution in [0.2, 0.25) is 0 Å². The van der Waals surface area contributed by atoms with Gasteiger partial charge in [-0.1, -0.05) is 50.0 Å². The molecule has 1 saturated heterocycles. The van der Waals surface area contributed by atoms with Crippen LogP contribution in [0.3, 0.4) is 0 Å². The minimum absolute atomic E-state index is 0.140. The molecule has 1 heterocycles. The van der Waals surface area contributed by atoms with E-state index in [4.69, 9.17) is 28.4 Å². The van der Waals surface area contributed by atoms with Crippen molar-refractivity contribution in [3.8, 4) is 0 Å². The van der Waals surface area contributed by atoms with E-state index < -0.39 is 23.8 Å². The lowest BCUT2D eigenvalue weighted by Gasteiger charge is -2.54. The third-order valence-electron chi connectivity index (χ3n) is 11.5. The van der Waals surface area contributed by atoms with Gasteiger partial charge in [-0.2, -0.15) is 0 Å². The van der Waals surface area contributed by atoms with E-state index in [2.05, 4.69) is 39.8 Å². The van der Waals surface area contributed by atoms with E-state index >= 15 is 0 Å². The number of methoxy groups -OCH3 is 2. The van der Waals surface area contributed by atoms with Crippen LogP contribution in [-0.4, -0.2) is 68.2 Å². The molecule has 0 aromatic carbocycles. The second-order valence-corrected chi connectivity index (χ2v) is 14.6. The Hall–Kier alpha value is -0.800. The van der Waals surface area contributed by atoms with E-state index in [1.54, 1.807) is 19.8 Å². The van der Waals surface area contributed by atoms with Crippen molar-refractivity contribution < 1.29 is 33.5 Å². The lowest BCUT2D eigenvalue weighted by atomic mass is 9.60. The molecule has 0 radical (unpaired) electrons. The molecule has 3 saturated carbocycles. The number of allylic oxidation sites excluding steroid dienone is 3. The van der Waals surface area contributed by atoms with Gasteiger partial charge in [0.1, 0.15) is 12.9 Å². The second-order valence-electron chi connectivity index (χ2n) is 14.6. The summed E-state index contributed by atoms with van der Waals surface area (Å²) in [5, 5.41) is 11.1. The highest BCUT2D eigenvalue weighted by Crippen LogP contribution is 2.60. The third kappa shape index (κ3) is 7.03. The fraction of sp³-hybridized carbons (Fsp3) is 0.886. The van der Waals surface area contributed by atoms with Crippen molar-refractivity contribution >= 4 is 0 Å². The summed E-state index contributed by atoms with van der Waals surface area (Å²) in [5.41, 5.74) is 3.04. The first kappa shape index (κ1) is 34.1. The Balaban J connectivity index is 1.39. The van der Waals surface area contributed by atoms with Crippen molar-refractivity contribution in [2.45, 2.75) is 148 Å². The maximum Gasteiger partial charge on any atom is 0.220 e. The molecule has 1 aliphatic heterocycles. The molecular formula is C35H60O7. The smallest absolute Gasteiger partial charge is 0.220 e. The van der Waals surface area contributed by atoms with Crippen LogP contribution < -0.4 is 0 Å². The lowest BCUT2D eigenvalue weighted by molar-refractivity contribution is -0.455. The summed E-state index contributed by atoms with van der Waals surface area (Å²) in [6.45, 7) is 16.2. The van der Waals surface area contributed by atoms with Gasteiger partial charge in [-0.25, -0.2) is 0 Å². The van der Waals surface area contributed by atoms with Gasteiger partial charge in [0.25, 0.3) is 0 Å². The fourth-order valence-electron chi connectivity index (χ4n) is 8.57. The van der Waals surface area contributed by atoms with Gasteiger partial charge in [0.15, 0.2) is 0 Å². The summed E-state index contributed by atoms with van der Waals surface area (Å²) in [5.74, 6) is -0.0311. The van der Waals surface area contributed by atoms with E-state index in [9.17, 15) is 5.11 Å². The Morgan fingerprint density at radius 2 is 1.76 bits per heavy atom. The van der Waals surface area contributed by atoms with E-state index in [-0.39, 0.29) is 11.7 Å². The zero-order valence-corrected chi connectivity index (χ0v) is 28.0. The summed E-state index contributed by atoms with van der Waals surface area (Å²) in [6.07, 6.45) is 14.5. The van der Waals surface area contributed by atoms with Crippen molar-refractivity contribution in [3.05, 3.63) is 23.3 Å². The van der Waals surface area contributed by atoms with Gasteiger partial charge in [-0.05, 0) is 109 Å². The Kier molecular flexibility index (Phi) is 11.1. The van der Waals surface area contributed by atoms with Gasteiger partial charge in [0, 0.05) is 20.8 Å². The average Bonchev–Trinajstić information content (AvgIpc) is 3.30. The highest BCUT2D eigenvalue weighted by molar-refractivity contribution is 5.27. The first-order valence-electron chi connectivity index (χ1n) is 16.6. The molecule has 0 aromatic rings. The molecule has 3 aliphatic carbocycles. The summed E-state index contributed by atoms with van der Waals surface area (Å²) >= 11 is 0. The minimum Gasteiger partial charge on any atom is -0.390 e. The van der Waals surface area contributed by atoms with Crippen LogP contribution in [0.1, 0.15) is 113 Å². The summed E-state index contributed by atoms with van der Waals surface area (Å²) in [7, 11) is 3.19. The van der Waals surface area contributed by atoms with Crippen LogP contribution in [0.5, 0.6) is 0 Å². The first-order valence-corrected chi connectivity index (χ1v) is 16.6. The Labute approximate surface area is 255 Å². The maximum absolute atomic E-state index is 11.1. The molecule has 9 atom stereocenters. The SMILES string of the molecule is CCOCOC(C)(C)CCC[C@@H](C)[C@H]1CC[C@H]2/C(=C/C=C3\C[C@H](O)[C@H]4O[C@](C)(OC)[C@@](C)(OC)O[C@@H]4C3)CCC[C@]12C. The zero-order chi connectivity index (χ0) is 30.8. The van der Waals surface area contributed by atoms with E-state index in [1.165, 1.54) is 50.5 Å². The molecule has 242 valence electrons. The van der Waals surface area contributed by atoms with Crippen molar-refractivity contribution in [2.24, 2.45) is 23.2 Å². The maximum atomic E-state index is 11.1. The largest absolute Gasteiger partial charge is 0.390 e. The van der Waals surface area contributed by atoms with Gasteiger partial charge >= 0.3 is 0 Å². The second kappa shape index (κ2) is 13.7. The number of hydrogen-bond acceptors (Lipinski definition) is 7. The first-order chi connectivity index (χ1) is 19.8. The third-order valence-corrected chi connectivity index (χ3v) is 11.5. The predicted octanol–water partition coefficient (Wildman–Crippen LogP) is 7.32. The van der Waals surface area contributed by atoms with E-state index in [0.717, 1.165) is 18.8 Å². The van der Waals surface area contributed by atoms with E-state index in [1.807, 2.05) is 20.8 Å².